The van der Waals surface area contributed by atoms with Gasteiger partial charge in [-0.25, -0.2) is 23.7 Å². The Bertz CT molecular complexity index is 2650. The molecule has 0 saturated heterocycles. The van der Waals surface area contributed by atoms with Gasteiger partial charge in [0.1, 0.15) is 54.3 Å². The van der Waals surface area contributed by atoms with Crippen molar-refractivity contribution in [1.29, 1.82) is 0 Å². The van der Waals surface area contributed by atoms with Crippen molar-refractivity contribution in [3.05, 3.63) is 67.3 Å². The SMILES string of the molecule is COc1nccc(OCCOc2cc3[nH]ncc3cc2-c2cc3cc(NC(=O)[C@@H]4C[C@@H]4F)ncc3n2C)c1-c1cc2cc(NC(=O)[C@@H]3C[C@@H]3F)ncc2n1C. The summed E-state index contributed by atoms with van der Waals surface area (Å²) in [5.74, 6) is 0.177. The minimum atomic E-state index is -1.10. The predicted octanol–water partition coefficient (Wildman–Crippen LogP) is 6.12. The largest absolute Gasteiger partial charge is 0.489 e. The molecule has 9 rings (SSSR count). The first-order chi connectivity index (χ1) is 26.7. The number of carbonyl (C=O) groups excluding carboxylic acids is 2. The number of rotatable bonds is 12. The highest BCUT2D eigenvalue weighted by atomic mass is 19.1. The molecule has 14 nitrogen and oxygen atoms in total. The van der Waals surface area contributed by atoms with E-state index in [-0.39, 0.29) is 37.9 Å². The molecule has 0 spiro atoms. The number of alkyl halides is 2. The Morgan fingerprint density at radius 1 is 0.782 bits per heavy atom. The van der Waals surface area contributed by atoms with E-state index in [1.165, 1.54) is 7.11 Å². The second-order valence-electron chi connectivity index (χ2n) is 13.8. The minimum absolute atomic E-state index is 0.169. The first-order valence-electron chi connectivity index (χ1n) is 17.7. The number of aryl methyl sites for hydroxylation is 2. The molecule has 7 aromatic rings. The third kappa shape index (κ3) is 6.32. The number of anilines is 2. The number of H-pyrrole nitrogens is 1. The van der Waals surface area contributed by atoms with E-state index in [9.17, 15) is 18.4 Å². The van der Waals surface area contributed by atoms with Crippen LogP contribution in [0.5, 0.6) is 17.4 Å². The van der Waals surface area contributed by atoms with Gasteiger partial charge in [-0.05, 0) is 49.2 Å². The quantitative estimate of drug-likeness (QED) is 0.125. The van der Waals surface area contributed by atoms with E-state index in [0.29, 0.717) is 34.6 Å². The number of hydrogen-bond acceptors (Lipinski definition) is 9. The van der Waals surface area contributed by atoms with Crippen LogP contribution in [0, 0.1) is 11.8 Å². The van der Waals surface area contributed by atoms with E-state index < -0.39 is 24.2 Å². The summed E-state index contributed by atoms with van der Waals surface area (Å²) in [7, 11) is 5.35. The molecule has 0 bridgehead atoms. The van der Waals surface area contributed by atoms with Gasteiger partial charge in [-0.15, -0.1) is 0 Å². The number of nitrogens with zero attached hydrogens (tertiary/aromatic N) is 6. The zero-order valence-corrected chi connectivity index (χ0v) is 30.0. The highest BCUT2D eigenvalue weighted by molar-refractivity contribution is 5.98. The third-order valence-electron chi connectivity index (χ3n) is 10.2. The number of amides is 2. The van der Waals surface area contributed by atoms with Crippen LogP contribution >= 0.6 is 0 Å². The molecule has 4 atom stereocenters. The molecule has 0 radical (unpaired) electrons. The number of methoxy groups -OCH3 is 1. The van der Waals surface area contributed by atoms with Gasteiger partial charge in [0.2, 0.25) is 17.7 Å². The number of pyridine rings is 3. The van der Waals surface area contributed by atoms with Crippen LogP contribution in [0.4, 0.5) is 20.4 Å². The molecule has 0 aliphatic heterocycles. The maximum Gasteiger partial charge on any atom is 0.231 e. The summed E-state index contributed by atoms with van der Waals surface area (Å²) in [5, 5.41) is 15.2. The monoisotopic (exact) mass is 747 g/mol. The molecule has 55 heavy (non-hydrogen) atoms. The Kier molecular flexibility index (Phi) is 8.32. The van der Waals surface area contributed by atoms with E-state index in [4.69, 9.17) is 14.2 Å². The number of aromatic nitrogens is 7. The Hall–Kier alpha value is -6.58. The minimum Gasteiger partial charge on any atom is -0.489 e. The Morgan fingerprint density at radius 2 is 1.36 bits per heavy atom. The van der Waals surface area contributed by atoms with Gasteiger partial charge in [0, 0.05) is 48.1 Å². The van der Waals surface area contributed by atoms with E-state index >= 15 is 0 Å². The van der Waals surface area contributed by atoms with Crippen LogP contribution in [0.25, 0.3) is 55.2 Å². The fraction of sp³-hybridized carbons (Fsp3) is 0.282. The third-order valence-corrected chi connectivity index (χ3v) is 10.2. The number of nitrogens with one attached hydrogen (secondary N) is 3. The number of fused-ring (bicyclic) bond motifs is 3. The van der Waals surface area contributed by atoms with Crippen molar-refractivity contribution in [3.63, 3.8) is 0 Å². The number of benzene rings is 1. The molecule has 0 unspecified atom stereocenters. The second-order valence-corrected chi connectivity index (χ2v) is 13.8. The normalized spacial score (nSPS) is 18.8. The van der Waals surface area contributed by atoms with Gasteiger partial charge < -0.3 is 34.0 Å². The van der Waals surface area contributed by atoms with Gasteiger partial charge in [0.25, 0.3) is 0 Å². The van der Waals surface area contributed by atoms with Crippen molar-refractivity contribution < 1.29 is 32.6 Å². The fourth-order valence-electron chi connectivity index (χ4n) is 6.94. The van der Waals surface area contributed by atoms with Crippen LogP contribution in [0.1, 0.15) is 12.8 Å². The van der Waals surface area contributed by atoms with Gasteiger partial charge in [-0.2, -0.15) is 5.10 Å². The summed E-state index contributed by atoms with van der Waals surface area (Å²) >= 11 is 0. The second kappa shape index (κ2) is 13.4. The first-order valence-corrected chi connectivity index (χ1v) is 17.7. The molecule has 2 aliphatic rings. The molecular formula is C39H35F2N9O5. The van der Waals surface area contributed by atoms with Crippen LogP contribution in [0.15, 0.2) is 67.3 Å². The van der Waals surface area contributed by atoms with Crippen LogP contribution in [0.2, 0.25) is 0 Å². The number of carbonyl (C=O) groups is 2. The van der Waals surface area contributed by atoms with Gasteiger partial charge >= 0.3 is 0 Å². The van der Waals surface area contributed by atoms with Crippen molar-refractivity contribution >= 4 is 56.2 Å². The summed E-state index contributed by atoms with van der Waals surface area (Å²) in [6.45, 7) is 0.347. The van der Waals surface area contributed by atoms with Gasteiger partial charge in [0.15, 0.2) is 0 Å². The lowest BCUT2D eigenvalue weighted by Crippen LogP contribution is -2.15. The fourth-order valence-corrected chi connectivity index (χ4v) is 6.94. The molecule has 6 aromatic heterocycles. The van der Waals surface area contributed by atoms with Crippen molar-refractivity contribution in [1.82, 2.24) is 34.3 Å². The highest BCUT2D eigenvalue weighted by Gasteiger charge is 2.44. The predicted molar refractivity (Wildman–Crippen MR) is 201 cm³/mol. The Labute approximate surface area is 311 Å². The molecule has 2 amide bonds. The zero-order valence-electron chi connectivity index (χ0n) is 30.0. The molecular weight excluding hydrogens is 712 g/mol. The van der Waals surface area contributed by atoms with Gasteiger partial charge in [-0.1, -0.05) is 0 Å². The van der Waals surface area contributed by atoms with Crippen LogP contribution in [-0.2, 0) is 23.7 Å². The lowest BCUT2D eigenvalue weighted by atomic mass is 10.1. The molecule has 3 N–H and O–H groups in total. The van der Waals surface area contributed by atoms with E-state index in [2.05, 4.69) is 35.8 Å². The maximum absolute atomic E-state index is 13.4. The number of ether oxygens (including phenoxy) is 3. The maximum atomic E-state index is 13.4. The standard InChI is InChI=1S/C39H35F2N9O5/c1-49-28(9-19-11-34(43-17-30(19)49)46-37(51)22-13-25(22)40)24-8-21-16-45-48-27(21)15-33(24)55-7-6-54-32-4-5-42-39(53-3)36(32)29-10-20-12-35(44-18-31(20)50(29)2)47-38(52)23-14-26(23)41/h4-5,8-12,15-18,22-23,25-26H,6-7,13-14H2,1-3H3,(H,45,48)(H,43,46,51)(H,44,47,52)/t22-,23-,25+,26+/m1/s1. The highest BCUT2D eigenvalue weighted by Crippen LogP contribution is 2.41. The summed E-state index contributed by atoms with van der Waals surface area (Å²) < 4.78 is 49.2. The topological polar surface area (TPSA) is 163 Å². The van der Waals surface area contributed by atoms with E-state index in [0.717, 1.165) is 49.7 Å². The van der Waals surface area contributed by atoms with Gasteiger partial charge in [0.05, 0.1) is 65.5 Å². The van der Waals surface area contributed by atoms with Crippen LogP contribution in [-0.4, -0.2) is 78.8 Å². The van der Waals surface area contributed by atoms with Crippen molar-refractivity contribution in [2.24, 2.45) is 25.9 Å². The smallest absolute Gasteiger partial charge is 0.231 e. The molecule has 16 heteroatoms. The Morgan fingerprint density at radius 3 is 1.96 bits per heavy atom. The summed E-state index contributed by atoms with van der Waals surface area (Å²) in [4.78, 5) is 37.9. The average Bonchev–Trinajstić information content (AvgIpc) is 3.95. The van der Waals surface area contributed by atoms with Crippen LogP contribution in [0.3, 0.4) is 0 Å². The Balaban J connectivity index is 0.956. The zero-order chi connectivity index (χ0) is 38.0. The number of hydrogen-bond donors (Lipinski definition) is 3. The molecule has 6 heterocycles. The van der Waals surface area contributed by atoms with Crippen molar-refractivity contribution in [2.45, 2.75) is 25.2 Å². The van der Waals surface area contributed by atoms with E-state index in [1.807, 2.05) is 47.5 Å². The lowest BCUT2D eigenvalue weighted by Gasteiger charge is -2.16. The molecule has 280 valence electrons. The average molecular weight is 748 g/mol. The number of halogens is 2. The summed E-state index contributed by atoms with van der Waals surface area (Å²) in [6, 6.07) is 13.1. The first kappa shape index (κ1) is 34.2. The van der Waals surface area contributed by atoms with Crippen molar-refractivity contribution in [3.8, 4) is 39.9 Å². The number of aromatic amines is 1. The molecule has 2 aliphatic carbocycles. The van der Waals surface area contributed by atoms with Crippen LogP contribution < -0.4 is 24.8 Å². The summed E-state index contributed by atoms with van der Waals surface area (Å²) in [5.41, 5.74) is 5.44. The van der Waals surface area contributed by atoms with Gasteiger partial charge in [-0.3, -0.25) is 14.7 Å². The van der Waals surface area contributed by atoms with E-state index in [1.54, 1.807) is 43.0 Å². The summed E-state index contributed by atoms with van der Waals surface area (Å²) in [6.07, 6.45) is 4.95. The molecule has 1 aromatic carbocycles. The molecule has 2 saturated carbocycles. The van der Waals surface area contributed by atoms with Crippen molar-refractivity contribution in [2.75, 3.05) is 31.0 Å². The lowest BCUT2D eigenvalue weighted by molar-refractivity contribution is -0.118. The molecule has 2 fully saturated rings.